The highest BCUT2D eigenvalue weighted by Gasteiger charge is 2.20. The molecule has 1 N–H and O–H groups in total. The van der Waals surface area contributed by atoms with Crippen molar-refractivity contribution in [2.24, 2.45) is 0 Å². The maximum absolute atomic E-state index is 11.9. The molecule has 2 aromatic rings. The van der Waals surface area contributed by atoms with E-state index in [1.54, 1.807) is 25.1 Å². The fraction of sp³-hybridized carbons (Fsp3) is 0.375. The van der Waals surface area contributed by atoms with Gasteiger partial charge >= 0.3 is 11.9 Å². The second kappa shape index (κ2) is 8.09. The topological polar surface area (TPSA) is 103 Å². The van der Waals surface area contributed by atoms with Gasteiger partial charge in [-0.15, -0.1) is 5.10 Å². The molecule has 24 heavy (non-hydrogen) atoms. The van der Waals surface area contributed by atoms with Gasteiger partial charge in [0.1, 0.15) is 18.1 Å². The van der Waals surface area contributed by atoms with Crippen LogP contribution in [0.1, 0.15) is 36.8 Å². The summed E-state index contributed by atoms with van der Waals surface area (Å²) >= 11 is 0. The highest BCUT2D eigenvalue weighted by atomic mass is 16.5. The first-order valence-corrected chi connectivity index (χ1v) is 7.54. The number of carbonyl (C=O) groups is 2. The van der Waals surface area contributed by atoms with E-state index in [0.29, 0.717) is 29.2 Å². The number of aromatic amines is 1. The third-order valence-corrected chi connectivity index (χ3v) is 3.08. The lowest BCUT2D eigenvalue weighted by Crippen LogP contribution is -2.07. The molecule has 0 saturated carbocycles. The first-order chi connectivity index (χ1) is 11.6. The molecule has 8 heteroatoms. The average Bonchev–Trinajstić information content (AvgIpc) is 3.04. The van der Waals surface area contributed by atoms with E-state index in [2.05, 4.69) is 15.4 Å². The molecule has 128 valence electrons. The van der Waals surface area contributed by atoms with Crippen molar-refractivity contribution in [3.05, 3.63) is 29.5 Å². The molecule has 0 saturated heterocycles. The van der Waals surface area contributed by atoms with E-state index < -0.39 is 11.9 Å². The van der Waals surface area contributed by atoms with Crippen LogP contribution >= 0.6 is 0 Å². The number of nitrogens with zero attached hydrogens (tertiary/aromatic N) is 2. The number of H-pyrrole nitrogens is 1. The number of ether oxygens (including phenoxy) is 3. The lowest BCUT2D eigenvalue weighted by Gasteiger charge is -2.12. The Bertz CT molecular complexity index is 726. The first-order valence-electron chi connectivity index (χ1n) is 7.54. The Hall–Kier alpha value is -2.90. The van der Waals surface area contributed by atoms with Crippen LogP contribution in [-0.4, -0.2) is 40.6 Å². The zero-order valence-electron chi connectivity index (χ0n) is 13.8. The van der Waals surface area contributed by atoms with Crippen LogP contribution in [0.2, 0.25) is 0 Å². The van der Waals surface area contributed by atoms with Crippen LogP contribution in [0, 0.1) is 0 Å². The van der Waals surface area contributed by atoms with Crippen LogP contribution in [0.25, 0.3) is 11.3 Å². The Kier molecular flexibility index (Phi) is 5.89. The van der Waals surface area contributed by atoms with E-state index in [1.807, 2.05) is 6.92 Å². The zero-order chi connectivity index (χ0) is 17.5. The van der Waals surface area contributed by atoms with Crippen molar-refractivity contribution < 1.29 is 23.8 Å². The normalized spacial score (nSPS) is 10.3. The van der Waals surface area contributed by atoms with Gasteiger partial charge < -0.3 is 14.2 Å². The number of esters is 2. The summed E-state index contributed by atoms with van der Waals surface area (Å²) in [6, 6.07) is 5.23. The van der Waals surface area contributed by atoms with E-state index in [-0.39, 0.29) is 18.9 Å². The van der Waals surface area contributed by atoms with Crippen molar-refractivity contribution in [1.82, 2.24) is 15.4 Å². The van der Waals surface area contributed by atoms with Crippen LogP contribution in [0.15, 0.2) is 18.2 Å². The molecule has 0 unspecified atom stereocenters. The number of hydrogen-bond acceptors (Lipinski definition) is 7. The molecule has 1 heterocycles. The molecule has 0 amide bonds. The van der Waals surface area contributed by atoms with Crippen LogP contribution < -0.4 is 4.74 Å². The number of hydrogen-bond donors (Lipinski definition) is 1. The lowest BCUT2D eigenvalue weighted by atomic mass is 10.1. The van der Waals surface area contributed by atoms with E-state index in [1.165, 1.54) is 6.92 Å². The van der Waals surface area contributed by atoms with Gasteiger partial charge in [0.05, 0.1) is 13.2 Å². The van der Waals surface area contributed by atoms with Gasteiger partial charge in [0, 0.05) is 18.1 Å². The van der Waals surface area contributed by atoms with Gasteiger partial charge in [-0.1, -0.05) is 0 Å². The Morgan fingerprint density at radius 1 is 1.12 bits per heavy atom. The largest absolute Gasteiger partial charge is 0.493 e. The van der Waals surface area contributed by atoms with Crippen molar-refractivity contribution in [2.45, 2.75) is 27.4 Å². The molecule has 0 atom stereocenters. The summed E-state index contributed by atoms with van der Waals surface area (Å²) in [4.78, 5) is 23.0. The molecule has 1 aromatic carbocycles. The summed E-state index contributed by atoms with van der Waals surface area (Å²) in [7, 11) is 0. The summed E-state index contributed by atoms with van der Waals surface area (Å²) in [5, 5.41) is 10.3. The molecule has 2 rings (SSSR count). The Labute approximate surface area is 139 Å². The van der Waals surface area contributed by atoms with Gasteiger partial charge in [0.25, 0.3) is 0 Å². The Morgan fingerprint density at radius 2 is 1.92 bits per heavy atom. The van der Waals surface area contributed by atoms with Crippen molar-refractivity contribution in [2.75, 3.05) is 13.2 Å². The maximum atomic E-state index is 11.9. The molecular weight excluding hydrogens is 314 g/mol. The highest BCUT2D eigenvalue weighted by molar-refractivity contribution is 5.94. The van der Waals surface area contributed by atoms with Crippen LogP contribution in [0.5, 0.6) is 5.75 Å². The van der Waals surface area contributed by atoms with Gasteiger partial charge in [0.2, 0.25) is 0 Å². The van der Waals surface area contributed by atoms with E-state index >= 15 is 0 Å². The molecule has 1 aromatic heterocycles. The minimum atomic E-state index is -0.559. The monoisotopic (exact) mass is 333 g/mol. The molecule has 0 spiro atoms. The van der Waals surface area contributed by atoms with Gasteiger partial charge in [-0.05, 0) is 32.0 Å². The van der Waals surface area contributed by atoms with Gasteiger partial charge in [0.15, 0.2) is 5.69 Å². The van der Waals surface area contributed by atoms with Gasteiger partial charge in [-0.3, -0.25) is 4.79 Å². The number of aromatic nitrogens is 3. The standard InChI is InChI=1S/C16H19N3O5/c1-4-22-13-7-6-11(8-12(13)9-24-10(3)20)14-15(18-19-17-14)16(21)23-5-2/h6-8H,4-5,9H2,1-3H3,(H,17,18,19). The highest BCUT2D eigenvalue weighted by Crippen LogP contribution is 2.28. The third kappa shape index (κ3) is 4.09. The fourth-order valence-electron chi connectivity index (χ4n) is 2.09. The van der Waals surface area contributed by atoms with Crippen molar-refractivity contribution in [3.8, 4) is 17.0 Å². The van der Waals surface area contributed by atoms with Crippen LogP contribution in [-0.2, 0) is 20.9 Å². The maximum Gasteiger partial charge on any atom is 0.361 e. The minimum Gasteiger partial charge on any atom is -0.493 e. The molecule has 0 aliphatic heterocycles. The fourth-order valence-corrected chi connectivity index (χ4v) is 2.09. The van der Waals surface area contributed by atoms with Crippen molar-refractivity contribution >= 4 is 11.9 Å². The SMILES string of the molecule is CCOC(=O)c1n[nH]nc1-c1ccc(OCC)c(COC(C)=O)c1. The van der Waals surface area contributed by atoms with E-state index in [9.17, 15) is 9.59 Å². The predicted octanol–water partition coefficient (Wildman–Crippen LogP) is 2.11. The lowest BCUT2D eigenvalue weighted by molar-refractivity contribution is -0.142. The second-order valence-corrected chi connectivity index (χ2v) is 4.78. The van der Waals surface area contributed by atoms with Crippen LogP contribution in [0.3, 0.4) is 0 Å². The number of rotatable bonds is 7. The van der Waals surface area contributed by atoms with Gasteiger partial charge in [-0.25, -0.2) is 4.79 Å². The molecule has 0 bridgehead atoms. The van der Waals surface area contributed by atoms with Crippen LogP contribution in [0.4, 0.5) is 0 Å². The molecule has 0 aliphatic carbocycles. The minimum absolute atomic E-state index is 0.0606. The predicted molar refractivity (Wildman–Crippen MR) is 84.4 cm³/mol. The quantitative estimate of drug-likeness (QED) is 0.774. The molecule has 0 fully saturated rings. The summed E-state index contributed by atoms with van der Waals surface area (Å²) < 4.78 is 15.5. The summed E-state index contributed by atoms with van der Waals surface area (Å²) in [5.41, 5.74) is 1.76. The number of benzene rings is 1. The first kappa shape index (κ1) is 17.5. The summed E-state index contributed by atoms with van der Waals surface area (Å²) in [5.74, 6) is -0.350. The molecular formula is C16H19N3O5. The molecule has 0 radical (unpaired) electrons. The second-order valence-electron chi connectivity index (χ2n) is 4.78. The van der Waals surface area contributed by atoms with E-state index in [4.69, 9.17) is 14.2 Å². The number of carbonyl (C=O) groups excluding carboxylic acids is 2. The van der Waals surface area contributed by atoms with Gasteiger partial charge in [-0.2, -0.15) is 10.3 Å². The smallest absolute Gasteiger partial charge is 0.361 e. The molecule has 0 aliphatic rings. The van der Waals surface area contributed by atoms with Crippen molar-refractivity contribution in [1.29, 1.82) is 0 Å². The average molecular weight is 333 g/mol. The summed E-state index contributed by atoms with van der Waals surface area (Å²) in [6.45, 7) is 5.69. The third-order valence-electron chi connectivity index (χ3n) is 3.08. The Balaban J connectivity index is 2.37. The Morgan fingerprint density at radius 3 is 2.58 bits per heavy atom. The van der Waals surface area contributed by atoms with E-state index in [0.717, 1.165) is 0 Å². The molecule has 8 nitrogen and oxygen atoms in total. The number of nitrogens with one attached hydrogen (secondary N) is 1. The summed E-state index contributed by atoms with van der Waals surface area (Å²) in [6.07, 6.45) is 0. The van der Waals surface area contributed by atoms with Crippen molar-refractivity contribution in [3.63, 3.8) is 0 Å². The zero-order valence-corrected chi connectivity index (χ0v) is 13.8.